The van der Waals surface area contributed by atoms with Crippen molar-refractivity contribution in [3.63, 3.8) is 0 Å². The molecular formula is C36H24. The van der Waals surface area contributed by atoms with E-state index in [-0.39, 0.29) is 0 Å². The van der Waals surface area contributed by atoms with E-state index in [2.05, 4.69) is 146 Å². The normalized spacial score (nSPS) is 11.3. The molecular weight excluding hydrogens is 432 g/mol. The number of rotatable bonds is 3. The zero-order valence-electron chi connectivity index (χ0n) is 19.9. The van der Waals surface area contributed by atoms with Gasteiger partial charge < -0.3 is 0 Å². The highest BCUT2D eigenvalue weighted by Crippen LogP contribution is 2.38. The summed E-state index contributed by atoms with van der Waals surface area (Å²) in [5.41, 5.74) is 7.46. The van der Waals surface area contributed by atoms with Crippen LogP contribution in [0.3, 0.4) is 0 Å². The average Bonchev–Trinajstić information content (AvgIpc) is 2.96. The summed E-state index contributed by atoms with van der Waals surface area (Å²) in [5.74, 6) is 0. The van der Waals surface area contributed by atoms with Gasteiger partial charge in [-0.25, -0.2) is 0 Å². The summed E-state index contributed by atoms with van der Waals surface area (Å²) in [6.07, 6.45) is 0. The van der Waals surface area contributed by atoms with E-state index in [1.165, 1.54) is 65.7 Å². The average molecular weight is 457 g/mol. The van der Waals surface area contributed by atoms with Crippen molar-refractivity contribution < 1.29 is 0 Å². The Labute approximate surface area is 211 Å². The van der Waals surface area contributed by atoms with Crippen molar-refractivity contribution in [3.05, 3.63) is 146 Å². The van der Waals surface area contributed by atoms with Crippen molar-refractivity contribution in [3.8, 4) is 33.4 Å². The second-order valence-electron chi connectivity index (χ2n) is 9.41. The molecule has 7 aromatic carbocycles. The highest BCUT2D eigenvalue weighted by atomic mass is 14.2. The molecule has 0 saturated heterocycles. The van der Waals surface area contributed by atoms with Crippen LogP contribution in [0.2, 0.25) is 0 Å². The van der Waals surface area contributed by atoms with Crippen LogP contribution in [0.25, 0.3) is 65.7 Å². The van der Waals surface area contributed by atoms with Crippen LogP contribution in [-0.2, 0) is 0 Å². The molecule has 0 aliphatic heterocycles. The zero-order valence-corrected chi connectivity index (χ0v) is 19.9. The van der Waals surface area contributed by atoms with Crippen LogP contribution in [0.5, 0.6) is 0 Å². The molecule has 7 aromatic rings. The molecule has 0 radical (unpaired) electrons. The van der Waals surface area contributed by atoms with E-state index in [1.54, 1.807) is 0 Å². The Bertz CT molecular complexity index is 1780. The highest BCUT2D eigenvalue weighted by Gasteiger charge is 2.12. The van der Waals surface area contributed by atoms with Gasteiger partial charge in [0.25, 0.3) is 0 Å². The van der Waals surface area contributed by atoms with Crippen LogP contribution in [0.15, 0.2) is 146 Å². The molecule has 7 rings (SSSR count). The van der Waals surface area contributed by atoms with Crippen molar-refractivity contribution >= 4 is 32.3 Å². The molecule has 0 aliphatic rings. The molecule has 0 unspecified atom stereocenters. The maximum Gasteiger partial charge on any atom is -0.0105 e. The molecule has 0 fully saturated rings. The maximum absolute atomic E-state index is 2.36. The summed E-state index contributed by atoms with van der Waals surface area (Å²) >= 11 is 0. The minimum absolute atomic E-state index is 1.23. The van der Waals surface area contributed by atoms with Gasteiger partial charge in [0.2, 0.25) is 0 Å². The fraction of sp³-hybridized carbons (Fsp3) is 0. The molecule has 168 valence electrons. The van der Waals surface area contributed by atoms with Gasteiger partial charge in [-0.05, 0) is 90.0 Å². The van der Waals surface area contributed by atoms with Crippen molar-refractivity contribution in [2.75, 3.05) is 0 Å². The molecule has 0 amide bonds. The lowest BCUT2D eigenvalue weighted by Crippen LogP contribution is -1.88. The van der Waals surface area contributed by atoms with Gasteiger partial charge in [0, 0.05) is 0 Å². The molecule has 36 heavy (non-hydrogen) atoms. The Morgan fingerprint density at radius 1 is 0.250 bits per heavy atom. The predicted molar refractivity (Wildman–Crippen MR) is 155 cm³/mol. The van der Waals surface area contributed by atoms with Crippen LogP contribution >= 0.6 is 0 Å². The van der Waals surface area contributed by atoms with Gasteiger partial charge in [-0.3, -0.25) is 0 Å². The van der Waals surface area contributed by atoms with Crippen LogP contribution < -0.4 is 0 Å². The van der Waals surface area contributed by atoms with E-state index in [0.717, 1.165) is 0 Å². The molecule has 0 spiro atoms. The van der Waals surface area contributed by atoms with E-state index < -0.39 is 0 Å². The van der Waals surface area contributed by atoms with Crippen LogP contribution in [0.4, 0.5) is 0 Å². The Hall–Kier alpha value is -4.68. The van der Waals surface area contributed by atoms with Gasteiger partial charge in [0.1, 0.15) is 0 Å². The summed E-state index contributed by atoms with van der Waals surface area (Å²) in [5, 5.41) is 7.60. The second-order valence-corrected chi connectivity index (χ2v) is 9.41. The molecule has 0 saturated carbocycles. The first-order chi connectivity index (χ1) is 17.8. The first-order valence-corrected chi connectivity index (χ1v) is 12.4. The standard InChI is InChI=1S/C36H24/c1-2-12-28-21-29(20-19-25(28)9-1)30-22-31(35-17-7-13-26-10-3-5-15-33(26)35)24-32(23-30)36-18-8-14-27-11-4-6-16-34(27)36/h1-24H. The van der Waals surface area contributed by atoms with Gasteiger partial charge in [-0.1, -0.05) is 121 Å². The van der Waals surface area contributed by atoms with E-state index in [1.807, 2.05) is 0 Å². The van der Waals surface area contributed by atoms with Crippen molar-refractivity contribution in [2.45, 2.75) is 0 Å². The van der Waals surface area contributed by atoms with E-state index in [4.69, 9.17) is 0 Å². The molecule has 0 aromatic heterocycles. The van der Waals surface area contributed by atoms with Crippen LogP contribution in [0.1, 0.15) is 0 Å². The van der Waals surface area contributed by atoms with Gasteiger partial charge in [-0.2, -0.15) is 0 Å². The summed E-state index contributed by atoms with van der Waals surface area (Å²) < 4.78 is 0. The SMILES string of the molecule is c1ccc2cc(-c3cc(-c4cccc5ccccc45)cc(-c4cccc5ccccc45)c3)ccc2c1. The number of benzene rings is 7. The summed E-state index contributed by atoms with van der Waals surface area (Å²) in [6.45, 7) is 0. The second kappa shape index (κ2) is 8.52. The smallest absolute Gasteiger partial charge is 0.0105 e. The highest BCUT2D eigenvalue weighted by molar-refractivity contribution is 6.01. The maximum atomic E-state index is 2.36. The van der Waals surface area contributed by atoms with Crippen LogP contribution in [-0.4, -0.2) is 0 Å². The van der Waals surface area contributed by atoms with E-state index >= 15 is 0 Å². The minimum atomic E-state index is 1.23. The van der Waals surface area contributed by atoms with Crippen LogP contribution in [0, 0.1) is 0 Å². The lowest BCUT2D eigenvalue weighted by Gasteiger charge is -2.15. The van der Waals surface area contributed by atoms with Crippen molar-refractivity contribution in [2.24, 2.45) is 0 Å². The minimum Gasteiger partial charge on any atom is -0.0616 e. The molecule has 0 nitrogen and oxygen atoms in total. The molecule has 0 heteroatoms. The molecule has 0 aliphatic carbocycles. The Kier molecular flexibility index (Phi) is 4.89. The first kappa shape index (κ1) is 20.7. The lowest BCUT2D eigenvalue weighted by atomic mass is 9.89. The molecule has 0 N–H and O–H groups in total. The fourth-order valence-electron chi connectivity index (χ4n) is 5.43. The van der Waals surface area contributed by atoms with Gasteiger partial charge in [0.15, 0.2) is 0 Å². The number of fused-ring (bicyclic) bond motifs is 3. The third-order valence-corrected chi connectivity index (χ3v) is 7.22. The Morgan fingerprint density at radius 3 is 1.33 bits per heavy atom. The molecule has 0 atom stereocenters. The summed E-state index contributed by atoms with van der Waals surface area (Å²) in [4.78, 5) is 0. The quantitative estimate of drug-likeness (QED) is 0.248. The number of hydrogen-bond acceptors (Lipinski definition) is 0. The predicted octanol–water partition coefficient (Wildman–Crippen LogP) is 10.1. The topological polar surface area (TPSA) is 0 Å². The number of hydrogen-bond donors (Lipinski definition) is 0. The summed E-state index contributed by atoms with van der Waals surface area (Å²) in [6, 6.07) is 52.9. The summed E-state index contributed by atoms with van der Waals surface area (Å²) in [7, 11) is 0. The lowest BCUT2D eigenvalue weighted by molar-refractivity contribution is 1.60. The third-order valence-electron chi connectivity index (χ3n) is 7.22. The first-order valence-electron chi connectivity index (χ1n) is 12.4. The van der Waals surface area contributed by atoms with E-state index in [9.17, 15) is 0 Å². The zero-order chi connectivity index (χ0) is 23.9. The fourth-order valence-corrected chi connectivity index (χ4v) is 5.43. The van der Waals surface area contributed by atoms with Crippen molar-refractivity contribution in [1.29, 1.82) is 0 Å². The van der Waals surface area contributed by atoms with E-state index in [0.29, 0.717) is 0 Å². The Morgan fingerprint density at radius 2 is 0.722 bits per heavy atom. The van der Waals surface area contributed by atoms with Crippen molar-refractivity contribution in [1.82, 2.24) is 0 Å². The Balaban J connectivity index is 1.52. The third kappa shape index (κ3) is 3.56. The van der Waals surface area contributed by atoms with Gasteiger partial charge in [-0.15, -0.1) is 0 Å². The largest absolute Gasteiger partial charge is 0.0616 e. The van der Waals surface area contributed by atoms with Gasteiger partial charge in [0.05, 0.1) is 0 Å². The monoisotopic (exact) mass is 456 g/mol. The molecule has 0 bridgehead atoms. The van der Waals surface area contributed by atoms with Gasteiger partial charge >= 0.3 is 0 Å². The molecule has 0 heterocycles.